The number of carbonyl (C=O) groups excluding carboxylic acids is 1. The second-order valence-corrected chi connectivity index (χ2v) is 14.6. The quantitative estimate of drug-likeness (QED) is 0.222. The third kappa shape index (κ3) is 8.73. The van der Waals surface area contributed by atoms with Gasteiger partial charge in [-0.2, -0.15) is 0 Å². The molecule has 39 heavy (non-hydrogen) atoms. The molecule has 3 aliphatic rings. The number of allylic oxidation sites excluding steroid dienone is 1. The third-order valence-corrected chi connectivity index (χ3v) is 11.5. The molecule has 226 valence electrons. The number of hydrogen-bond acceptors (Lipinski definition) is 3. The number of nitrogens with one attached hydrogen (secondary N) is 1. The van der Waals surface area contributed by atoms with Crippen LogP contribution in [0.15, 0.2) is 11.6 Å². The van der Waals surface area contributed by atoms with E-state index in [1.807, 2.05) is 14.1 Å². The largest absolute Gasteiger partial charge is 0.446 e. The Labute approximate surface area is 242 Å². The molecule has 3 rings (SSSR count). The molecule has 0 aromatic rings. The van der Waals surface area contributed by atoms with Gasteiger partial charge in [0.2, 0.25) is 0 Å². The molecule has 0 bridgehead atoms. The van der Waals surface area contributed by atoms with Crippen LogP contribution >= 0.6 is 0 Å². The standard InChI is InChI=1S/C35H64N2O2/c1-9-11-12-33-32(29-16-15-28(23-29)26(5)13-14-27(10-2)25(3)4)18-17-30-24-31(19-20-35(30,33)6)39-34(38)36-21-22-37(7)8/h17,25-29,31-33H,9-16,18-24H2,1-8H3,(H,36,38)/t26-,27-,28+,29-,31+,32+,33+,35+/m1/s1. The zero-order valence-electron chi connectivity index (χ0n) is 27.1. The lowest BCUT2D eigenvalue weighted by molar-refractivity contribution is 0.0179. The molecule has 2 fully saturated rings. The summed E-state index contributed by atoms with van der Waals surface area (Å²) >= 11 is 0. The van der Waals surface area contributed by atoms with Gasteiger partial charge in [0.15, 0.2) is 0 Å². The van der Waals surface area contributed by atoms with Crippen LogP contribution in [-0.4, -0.2) is 44.3 Å². The van der Waals surface area contributed by atoms with Gasteiger partial charge in [0.05, 0.1) is 0 Å². The second kappa shape index (κ2) is 15.3. The van der Waals surface area contributed by atoms with E-state index in [1.165, 1.54) is 70.6 Å². The van der Waals surface area contributed by atoms with E-state index in [0.717, 1.165) is 60.8 Å². The molecule has 0 radical (unpaired) electrons. The van der Waals surface area contributed by atoms with Crippen LogP contribution in [0.25, 0.3) is 0 Å². The van der Waals surface area contributed by atoms with Gasteiger partial charge in [-0.3, -0.25) is 0 Å². The number of fused-ring (bicyclic) bond motifs is 1. The zero-order chi connectivity index (χ0) is 28.6. The van der Waals surface area contributed by atoms with Crippen molar-refractivity contribution in [1.82, 2.24) is 10.2 Å². The van der Waals surface area contributed by atoms with Crippen LogP contribution in [0, 0.1) is 46.8 Å². The molecular weight excluding hydrogens is 480 g/mol. The smallest absolute Gasteiger partial charge is 0.407 e. The average molecular weight is 545 g/mol. The Bertz CT molecular complexity index is 777. The van der Waals surface area contributed by atoms with Crippen molar-refractivity contribution in [1.29, 1.82) is 0 Å². The van der Waals surface area contributed by atoms with E-state index < -0.39 is 0 Å². The molecule has 4 heteroatoms. The van der Waals surface area contributed by atoms with E-state index in [2.05, 4.69) is 57.8 Å². The predicted molar refractivity (Wildman–Crippen MR) is 166 cm³/mol. The first-order chi connectivity index (χ1) is 18.6. The molecule has 0 aromatic heterocycles. The maximum atomic E-state index is 12.4. The fraction of sp³-hybridized carbons (Fsp3) is 0.914. The summed E-state index contributed by atoms with van der Waals surface area (Å²) < 4.78 is 5.90. The van der Waals surface area contributed by atoms with E-state index in [9.17, 15) is 4.79 Å². The fourth-order valence-electron chi connectivity index (χ4n) is 8.69. The number of amides is 1. The van der Waals surface area contributed by atoms with Gasteiger partial charge in [0, 0.05) is 19.5 Å². The zero-order valence-corrected chi connectivity index (χ0v) is 27.1. The maximum Gasteiger partial charge on any atom is 0.407 e. The first-order valence-corrected chi connectivity index (χ1v) is 16.9. The van der Waals surface area contributed by atoms with Crippen molar-refractivity contribution in [3.63, 3.8) is 0 Å². The molecule has 1 N–H and O–H groups in total. The molecule has 2 saturated carbocycles. The van der Waals surface area contributed by atoms with Crippen molar-refractivity contribution in [2.75, 3.05) is 27.2 Å². The number of likely N-dealkylation sites (N-methyl/N-ethyl adjacent to an activating group) is 1. The summed E-state index contributed by atoms with van der Waals surface area (Å²) in [7, 11) is 4.04. The maximum absolute atomic E-state index is 12.4. The van der Waals surface area contributed by atoms with Crippen molar-refractivity contribution in [3.8, 4) is 0 Å². The predicted octanol–water partition coefficient (Wildman–Crippen LogP) is 9.10. The minimum atomic E-state index is -0.243. The molecule has 8 atom stereocenters. The normalized spacial score (nSPS) is 32.6. The van der Waals surface area contributed by atoms with Crippen molar-refractivity contribution in [2.45, 2.75) is 131 Å². The molecule has 3 aliphatic carbocycles. The lowest BCUT2D eigenvalue weighted by Gasteiger charge is -2.52. The highest BCUT2D eigenvalue weighted by Crippen LogP contribution is 2.58. The van der Waals surface area contributed by atoms with Crippen molar-refractivity contribution < 1.29 is 9.53 Å². The molecule has 1 amide bonds. The van der Waals surface area contributed by atoms with E-state index in [-0.39, 0.29) is 17.6 Å². The summed E-state index contributed by atoms with van der Waals surface area (Å²) in [6.07, 6.45) is 19.3. The van der Waals surface area contributed by atoms with Crippen LogP contribution < -0.4 is 5.32 Å². The Morgan fingerprint density at radius 1 is 1.15 bits per heavy atom. The molecular formula is C35H64N2O2. The summed E-state index contributed by atoms with van der Waals surface area (Å²) in [5, 5.41) is 2.94. The number of carbonyl (C=O) groups is 1. The van der Waals surface area contributed by atoms with Crippen molar-refractivity contribution >= 4 is 6.09 Å². The highest BCUT2D eigenvalue weighted by atomic mass is 16.6. The number of unbranched alkanes of at least 4 members (excludes halogenated alkanes) is 1. The number of nitrogens with zero attached hydrogens (tertiary/aromatic N) is 1. The lowest BCUT2D eigenvalue weighted by atomic mass is 9.53. The average Bonchev–Trinajstić information content (AvgIpc) is 3.37. The van der Waals surface area contributed by atoms with Crippen LogP contribution in [0.2, 0.25) is 0 Å². The summed E-state index contributed by atoms with van der Waals surface area (Å²) in [6, 6.07) is 0. The van der Waals surface area contributed by atoms with E-state index in [1.54, 1.807) is 5.57 Å². The first kappa shape index (κ1) is 32.5. The van der Waals surface area contributed by atoms with Gasteiger partial charge in [0.25, 0.3) is 0 Å². The van der Waals surface area contributed by atoms with Crippen molar-refractivity contribution in [2.24, 2.45) is 46.8 Å². The second-order valence-electron chi connectivity index (χ2n) is 14.6. The summed E-state index contributed by atoms with van der Waals surface area (Å²) in [5.74, 6) is 6.05. The van der Waals surface area contributed by atoms with Gasteiger partial charge in [-0.1, -0.05) is 78.9 Å². The van der Waals surface area contributed by atoms with Gasteiger partial charge >= 0.3 is 6.09 Å². The third-order valence-electron chi connectivity index (χ3n) is 11.5. The van der Waals surface area contributed by atoms with Crippen LogP contribution in [0.3, 0.4) is 0 Å². The van der Waals surface area contributed by atoms with Gasteiger partial charge in [0.1, 0.15) is 6.10 Å². The molecule has 0 saturated heterocycles. The minimum absolute atomic E-state index is 0.0292. The highest BCUT2D eigenvalue weighted by Gasteiger charge is 2.49. The monoisotopic (exact) mass is 544 g/mol. The molecule has 0 spiro atoms. The number of alkyl carbamates (subject to hydrolysis) is 1. The minimum Gasteiger partial charge on any atom is -0.446 e. The molecule has 0 aromatic carbocycles. The Morgan fingerprint density at radius 2 is 1.92 bits per heavy atom. The van der Waals surface area contributed by atoms with E-state index in [4.69, 9.17) is 4.74 Å². The van der Waals surface area contributed by atoms with Gasteiger partial charge < -0.3 is 15.0 Å². The number of ether oxygens (including phenoxy) is 1. The van der Waals surface area contributed by atoms with Crippen LogP contribution in [-0.2, 0) is 4.74 Å². The van der Waals surface area contributed by atoms with Gasteiger partial charge in [-0.15, -0.1) is 0 Å². The Morgan fingerprint density at radius 3 is 2.59 bits per heavy atom. The molecule has 0 heterocycles. The summed E-state index contributed by atoms with van der Waals surface area (Å²) in [5.41, 5.74) is 1.88. The van der Waals surface area contributed by atoms with Gasteiger partial charge in [-0.25, -0.2) is 4.79 Å². The van der Waals surface area contributed by atoms with Gasteiger partial charge in [-0.05, 0) is 112 Å². The Kier molecular flexibility index (Phi) is 12.7. The Hall–Kier alpha value is -1.03. The fourth-order valence-corrected chi connectivity index (χ4v) is 8.69. The molecule has 4 nitrogen and oxygen atoms in total. The summed E-state index contributed by atoms with van der Waals surface area (Å²) in [4.78, 5) is 14.5. The van der Waals surface area contributed by atoms with Crippen LogP contribution in [0.4, 0.5) is 4.79 Å². The number of hydrogen-bond donors (Lipinski definition) is 1. The van der Waals surface area contributed by atoms with Crippen molar-refractivity contribution in [3.05, 3.63) is 11.6 Å². The number of rotatable bonds is 14. The van der Waals surface area contributed by atoms with E-state index >= 15 is 0 Å². The Balaban J connectivity index is 1.61. The first-order valence-electron chi connectivity index (χ1n) is 16.9. The highest BCUT2D eigenvalue weighted by molar-refractivity contribution is 5.67. The topological polar surface area (TPSA) is 41.6 Å². The van der Waals surface area contributed by atoms with Crippen LogP contribution in [0.1, 0.15) is 125 Å². The lowest BCUT2D eigenvalue weighted by Crippen LogP contribution is -2.45. The summed E-state index contributed by atoms with van der Waals surface area (Å²) in [6.45, 7) is 16.2. The molecule has 0 unspecified atom stereocenters. The van der Waals surface area contributed by atoms with E-state index in [0.29, 0.717) is 6.54 Å². The SMILES string of the molecule is CCCC[C@H]1[C@H]([C@@H]2CC[C@H]([C@H](C)CC[C@@H](CC)C(C)C)C2)CC=C2C[C@@H](OC(=O)NCCN(C)C)CC[C@@]21C. The van der Waals surface area contributed by atoms with Crippen LogP contribution in [0.5, 0.6) is 0 Å². The molecule has 0 aliphatic heterocycles.